The number of Topliss-reactive ketones (excluding diaryl/α,β-unsaturated/α-hetero) is 1. The minimum atomic E-state index is -0.777. The van der Waals surface area contributed by atoms with Gasteiger partial charge in [0.2, 0.25) is 5.78 Å². The van der Waals surface area contributed by atoms with Gasteiger partial charge in [-0.1, -0.05) is 52.3 Å². The van der Waals surface area contributed by atoms with E-state index in [1.165, 1.54) is 4.90 Å². The third-order valence-electron chi connectivity index (χ3n) is 5.44. The van der Waals surface area contributed by atoms with Crippen LogP contribution in [0.15, 0.2) is 99.3 Å². The maximum atomic E-state index is 13.5. The second kappa shape index (κ2) is 8.09. The van der Waals surface area contributed by atoms with Crippen LogP contribution in [-0.2, 0) is 11.3 Å². The van der Waals surface area contributed by atoms with E-state index >= 15 is 0 Å². The number of halogens is 1. The summed E-state index contributed by atoms with van der Waals surface area (Å²) >= 11 is 3.46. The lowest BCUT2D eigenvalue weighted by Crippen LogP contribution is -2.30. The number of hydrogen-bond donors (Lipinski definition) is 1. The predicted molar refractivity (Wildman–Crippen MR) is 122 cm³/mol. The lowest BCUT2D eigenvalue weighted by atomic mass is 9.95. The van der Waals surface area contributed by atoms with Crippen LogP contribution in [-0.4, -0.2) is 26.7 Å². The smallest absolute Gasteiger partial charge is 0.290 e. The molecule has 3 heterocycles. The zero-order valence-corrected chi connectivity index (χ0v) is 18.3. The molecule has 1 N–H and O–H groups in total. The van der Waals surface area contributed by atoms with Gasteiger partial charge in [0.25, 0.3) is 5.91 Å². The van der Waals surface area contributed by atoms with E-state index in [1.54, 1.807) is 30.6 Å². The van der Waals surface area contributed by atoms with Crippen LogP contribution in [0, 0.1) is 0 Å². The summed E-state index contributed by atoms with van der Waals surface area (Å²) in [5.74, 6) is -1.63. The van der Waals surface area contributed by atoms with Crippen LogP contribution >= 0.6 is 15.9 Å². The molecule has 0 aliphatic carbocycles. The number of hydrogen-bond acceptors (Lipinski definition) is 5. The second-order valence-corrected chi connectivity index (χ2v) is 8.41. The molecule has 1 aliphatic rings. The first-order valence-corrected chi connectivity index (χ1v) is 10.7. The fourth-order valence-electron chi connectivity index (χ4n) is 3.99. The number of aliphatic hydroxyl groups is 1. The molecule has 158 valence electrons. The number of carbonyl (C=O) groups is 2. The zero-order valence-electron chi connectivity index (χ0n) is 16.7. The van der Waals surface area contributed by atoms with E-state index in [-0.39, 0.29) is 17.9 Å². The van der Waals surface area contributed by atoms with Crippen molar-refractivity contribution >= 4 is 38.6 Å². The lowest BCUT2D eigenvalue weighted by molar-refractivity contribution is -0.130. The van der Waals surface area contributed by atoms with E-state index in [4.69, 9.17) is 4.42 Å². The molecule has 0 saturated heterocycles. The molecule has 0 fully saturated rings. The maximum absolute atomic E-state index is 13.5. The van der Waals surface area contributed by atoms with Gasteiger partial charge in [-0.25, -0.2) is 0 Å². The molecule has 0 saturated carbocycles. The number of aromatic nitrogens is 1. The number of carbonyl (C=O) groups excluding carboxylic acids is 2. The predicted octanol–water partition coefficient (Wildman–Crippen LogP) is 5.37. The molecule has 0 spiro atoms. The average Bonchev–Trinajstić information content (AvgIpc) is 3.34. The van der Waals surface area contributed by atoms with Gasteiger partial charge in [-0.2, -0.15) is 0 Å². The molecule has 1 atom stereocenters. The molecular formula is C25H17BrN2O4. The molecule has 7 heteroatoms. The van der Waals surface area contributed by atoms with Crippen molar-refractivity contribution in [2.24, 2.45) is 0 Å². The Bertz CT molecular complexity index is 1340. The topological polar surface area (TPSA) is 83.6 Å². The Labute approximate surface area is 191 Å². The Morgan fingerprint density at radius 3 is 2.69 bits per heavy atom. The van der Waals surface area contributed by atoms with E-state index in [2.05, 4.69) is 20.9 Å². The van der Waals surface area contributed by atoms with Crippen molar-refractivity contribution < 1.29 is 19.1 Å². The van der Waals surface area contributed by atoms with E-state index < -0.39 is 23.5 Å². The van der Waals surface area contributed by atoms with Crippen molar-refractivity contribution in [3.63, 3.8) is 0 Å². The summed E-state index contributed by atoms with van der Waals surface area (Å²) < 4.78 is 6.54. The lowest BCUT2D eigenvalue weighted by Gasteiger charge is -2.26. The van der Waals surface area contributed by atoms with Crippen LogP contribution in [0.4, 0.5) is 0 Å². The van der Waals surface area contributed by atoms with Gasteiger partial charge in [-0.05, 0) is 41.5 Å². The average molecular weight is 489 g/mol. The third kappa shape index (κ3) is 3.50. The van der Waals surface area contributed by atoms with Crippen molar-refractivity contribution in [3.05, 3.63) is 112 Å². The quantitative estimate of drug-likeness (QED) is 0.381. The number of fused-ring (bicyclic) bond motifs is 1. The summed E-state index contributed by atoms with van der Waals surface area (Å²) in [6, 6.07) is 19.1. The number of aliphatic hydroxyl groups excluding tert-OH is 1. The number of nitrogens with zero attached hydrogens (tertiary/aromatic N) is 2. The molecule has 32 heavy (non-hydrogen) atoms. The minimum Gasteiger partial charge on any atom is -0.503 e. The van der Waals surface area contributed by atoms with Gasteiger partial charge in [-0.3, -0.25) is 14.6 Å². The van der Waals surface area contributed by atoms with Gasteiger partial charge >= 0.3 is 0 Å². The van der Waals surface area contributed by atoms with Crippen molar-refractivity contribution in [2.45, 2.75) is 12.6 Å². The van der Waals surface area contributed by atoms with Gasteiger partial charge in [0, 0.05) is 28.8 Å². The summed E-state index contributed by atoms with van der Waals surface area (Å²) in [5.41, 5.74) is 2.04. The number of amides is 1. The van der Waals surface area contributed by atoms with Gasteiger partial charge in [0.05, 0.1) is 11.6 Å². The highest BCUT2D eigenvalue weighted by atomic mass is 79.9. The summed E-state index contributed by atoms with van der Waals surface area (Å²) in [5, 5.41) is 11.6. The Morgan fingerprint density at radius 2 is 1.94 bits per heavy atom. The largest absolute Gasteiger partial charge is 0.503 e. The highest BCUT2D eigenvalue weighted by Gasteiger charge is 2.44. The number of furan rings is 1. The van der Waals surface area contributed by atoms with Gasteiger partial charge in [0.1, 0.15) is 5.58 Å². The SMILES string of the molecule is O=C(C1=C(O)C(=O)N(Cc2cccnc2)[C@H]1c1cccc(Br)c1)c1cc2ccccc2o1. The summed E-state index contributed by atoms with van der Waals surface area (Å²) in [7, 11) is 0. The Morgan fingerprint density at radius 1 is 1.09 bits per heavy atom. The molecule has 0 unspecified atom stereocenters. The van der Waals surface area contributed by atoms with Crippen molar-refractivity contribution in [2.75, 3.05) is 0 Å². The monoisotopic (exact) mass is 488 g/mol. The normalized spacial score (nSPS) is 16.2. The molecule has 1 amide bonds. The molecule has 5 rings (SSSR count). The molecule has 6 nitrogen and oxygen atoms in total. The van der Waals surface area contributed by atoms with E-state index in [0.29, 0.717) is 11.1 Å². The summed E-state index contributed by atoms with van der Waals surface area (Å²) in [6.07, 6.45) is 3.30. The molecule has 2 aromatic carbocycles. The number of pyridine rings is 1. The van der Waals surface area contributed by atoms with Crippen molar-refractivity contribution in [1.82, 2.24) is 9.88 Å². The molecule has 0 radical (unpaired) electrons. The van der Waals surface area contributed by atoms with Gasteiger partial charge < -0.3 is 14.4 Å². The number of para-hydroxylation sites is 1. The summed E-state index contributed by atoms with van der Waals surface area (Å²) in [6.45, 7) is 0.185. The molecule has 2 aromatic heterocycles. The Hall–Kier alpha value is -3.71. The second-order valence-electron chi connectivity index (χ2n) is 7.49. The fourth-order valence-corrected chi connectivity index (χ4v) is 4.40. The number of benzene rings is 2. The number of ketones is 1. The molecular weight excluding hydrogens is 472 g/mol. The van der Waals surface area contributed by atoms with Crippen LogP contribution in [0.3, 0.4) is 0 Å². The van der Waals surface area contributed by atoms with Crippen molar-refractivity contribution in [1.29, 1.82) is 0 Å². The van der Waals surface area contributed by atoms with Crippen LogP contribution in [0.1, 0.15) is 27.7 Å². The Kier molecular flexibility index (Phi) is 5.11. The van der Waals surface area contributed by atoms with Gasteiger partial charge in [-0.15, -0.1) is 0 Å². The molecule has 1 aliphatic heterocycles. The first-order valence-electron chi connectivity index (χ1n) is 9.94. The zero-order chi connectivity index (χ0) is 22.2. The van der Waals surface area contributed by atoms with Crippen LogP contribution in [0.5, 0.6) is 0 Å². The minimum absolute atomic E-state index is 0.00366. The van der Waals surface area contributed by atoms with Crippen LogP contribution in [0.2, 0.25) is 0 Å². The van der Waals surface area contributed by atoms with Gasteiger partial charge in [0.15, 0.2) is 11.5 Å². The van der Waals surface area contributed by atoms with Crippen molar-refractivity contribution in [3.8, 4) is 0 Å². The first kappa shape index (κ1) is 20.2. The van der Waals surface area contributed by atoms with E-state index in [0.717, 1.165) is 15.4 Å². The van der Waals surface area contributed by atoms with E-state index in [9.17, 15) is 14.7 Å². The highest BCUT2D eigenvalue weighted by molar-refractivity contribution is 9.10. The molecule has 0 bridgehead atoms. The standard InChI is InChI=1S/C25H17BrN2O4/c26-18-8-3-7-17(11-18)22-21(23(29)20-12-16-6-1-2-9-19(16)32-20)24(30)25(31)28(22)14-15-5-4-10-27-13-15/h1-13,22,30H,14H2/t22-/m0/s1. The first-order chi connectivity index (χ1) is 15.5. The third-order valence-corrected chi connectivity index (χ3v) is 5.93. The maximum Gasteiger partial charge on any atom is 0.290 e. The van der Waals surface area contributed by atoms with E-state index in [1.807, 2.05) is 48.5 Å². The van der Waals surface area contributed by atoms with Crippen LogP contribution < -0.4 is 0 Å². The molecule has 4 aromatic rings. The Balaban J connectivity index is 1.61. The van der Waals surface area contributed by atoms with Crippen LogP contribution in [0.25, 0.3) is 11.0 Å². The summed E-state index contributed by atoms with van der Waals surface area (Å²) in [4.78, 5) is 32.2. The number of rotatable bonds is 5. The highest BCUT2D eigenvalue weighted by Crippen LogP contribution is 2.41. The fraction of sp³-hybridized carbons (Fsp3) is 0.0800.